The van der Waals surface area contributed by atoms with Gasteiger partial charge >= 0.3 is 0 Å². The maximum absolute atomic E-state index is 4.40. The molecular formula is C33H63N. The summed E-state index contributed by atoms with van der Waals surface area (Å²) in [4.78, 5) is 0. The molecular weight excluding hydrogens is 410 g/mol. The second-order valence-electron chi connectivity index (χ2n) is 13.2. The van der Waals surface area contributed by atoms with Crippen LogP contribution >= 0.6 is 0 Å². The third-order valence-electron chi connectivity index (χ3n) is 11.0. The van der Waals surface area contributed by atoms with Gasteiger partial charge in [-0.05, 0) is 91.8 Å². The van der Waals surface area contributed by atoms with Crippen LogP contribution in [0.1, 0.15) is 151 Å². The van der Waals surface area contributed by atoms with Gasteiger partial charge in [0.1, 0.15) is 0 Å². The lowest BCUT2D eigenvalue weighted by atomic mass is 9.50. The number of rotatable bonds is 17. The van der Waals surface area contributed by atoms with E-state index in [4.69, 9.17) is 0 Å². The Morgan fingerprint density at radius 3 is 2.29 bits per heavy atom. The smallest absolute Gasteiger partial charge is 0.0143 e. The van der Waals surface area contributed by atoms with E-state index in [0.717, 1.165) is 36.1 Å². The summed E-state index contributed by atoms with van der Waals surface area (Å²) < 4.78 is 0. The SMILES string of the molecule is C=C(CCC1CCC2C(CC)C(C(C)(CCCC)C(C)C)CCC12C)NCCCCCCCC. The standard InChI is InChI=1S/C33H63N/c1-9-12-14-15-16-17-25-34-27(6)18-19-28-20-21-30-29(11-3)31(22-24-33(28,30)8)32(7,26(4)5)23-13-10-2/h26,28-31,34H,6,9-25H2,1-5,7-8H3. The summed E-state index contributed by atoms with van der Waals surface area (Å²) >= 11 is 0. The van der Waals surface area contributed by atoms with Crippen LogP contribution in [-0.2, 0) is 0 Å². The van der Waals surface area contributed by atoms with Crippen LogP contribution in [0, 0.1) is 40.4 Å². The molecule has 6 atom stereocenters. The molecule has 2 saturated carbocycles. The van der Waals surface area contributed by atoms with Crippen molar-refractivity contribution in [3.05, 3.63) is 12.3 Å². The Hall–Kier alpha value is -0.460. The number of allylic oxidation sites excluding steroid dienone is 1. The van der Waals surface area contributed by atoms with Gasteiger partial charge < -0.3 is 5.32 Å². The summed E-state index contributed by atoms with van der Waals surface area (Å²) in [6.07, 6.45) is 22.2. The van der Waals surface area contributed by atoms with Crippen molar-refractivity contribution >= 4 is 0 Å². The van der Waals surface area contributed by atoms with Gasteiger partial charge in [0.2, 0.25) is 0 Å². The summed E-state index contributed by atoms with van der Waals surface area (Å²) in [5, 5.41) is 3.67. The van der Waals surface area contributed by atoms with Crippen LogP contribution < -0.4 is 5.32 Å². The Bertz CT molecular complexity index is 579. The van der Waals surface area contributed by atoms with E-state index in [2.05, 4.69) is 60.4 Å². The zero-order chi connectivity index (χ0) is 25.2. The normalized spacial score (nSPS) is 30.8. The minimum Gasteiger partial charge on any atom is -0.389 e. The van der Waals surface area contributed by atoms with E-state index >= 15 is 0 Å². The van der Waals surface area contributed by atoms with Crippen molar-refractivity contribution < 1.29 is 0 Å². The molecule has 1 nitrogen and oxygen atoms in total. The monoisotopic (exact) mass is 473 g/mol. The van der Waals surface area contributed by atoms with Gasteiger partial charge in [-0.3, -0.25) is 0 Å². The van der Waals surface area contributed by atoms with Crippen LogP contribution in [0.4, 0.5) is 0 Å². The molecule has 200 valence electrons. The van der Waals surface area contributed by atoms with Gasteiger partial charge in [-0.1, -0.05) is 106 Å². The van der Waals surface area contributed by atoms with E-state index in [1.807, 2.05) is 0 Å². The van der Waals surface area contributed by atoms with Crippen LogP contribution in [0.15, 0.2) is 12.3 Å². The predicted octanol–water partition coefficient (Wildman–Crippen LogP) is 10.6. The van der Waals surface area contributed by atoms with Gasteiger partial charge in [0.05, 0.1) is 0 Å². The fraction of sp³-hybridized carbons (Fsp3) is 0.939. The van der Waals surface area contributed by atoms with Gasteiger partial charge in [0.15, 0.2) is 0 Å². The first-order valence-electron chi connectivity index (χ1n) is 15.7. The highest BCUT2D eigenvalue weighted by molar-refractivity contribution is 5.06. The molecule has 2 fully saturated rings. The van der Waals surface area contributed by atoms with Crippen molar-refractivity contribution in [2.75, 3.05) is 6.54 Å². The van der Waals surface area contributed by atoms with Crippen LogP contribution in [0.2, 0.25) is 0 Å². The van der Waals surface area contributed by atoms with Gasteiger partial charge in [-0.15, -0.1) is 0 Å². The maximum atomic E-state index is 4.40. The average molecular weight is 474 g/mol. The molecule has 0 aliphatic heterocycles. The number of hydrogen-bond donors (Lipinski definition) is 1. The van der Waals surface area contributed by atoms with Gasteiger partial charge in [0, 0.05) is 12.2 Å². The van der Waals surface area contributed by atoms with E-state index in [9.17, 15) is 0 Å². The van der Waals surface area contributed by atoms with Gasteiger partial charge in [-0.25, -0.2) is 0 Å². The number of fused-ring (bicyclic) bond motifs is 1. The Labute approximate surface area is 215 Å². The molecule has 2 aliphatic rings. The highest BCUT2D eigenvalue weighted by Crippen LogP contribution is 2.64. The first-order chi connectivity index (χ1) is 16.2. The first kappa shape index (κ1) is 29.8. The minimum atomic E-state index is 0.519. The molecule has 0 aromatic carbocycles. The number of nitrogens with one attached hydrogen (secondary N) is 1. The van der Waals surface area contributed by atoms with Crippen LogP contribution in [-0.4, -0.2) is 6.54 Å². The fourth-order valence-corrected chi connectivity index (χ4v) is 8.33. The molecule has 0 amide bonds. The zero-order valence-corrected chi connectivity index (χ0v) is 24.6. The molecule has 0 radical (unpaired) electrons. The summed E-state index contributed by atoms with van der Waals surface area (Å²) in [6.45, 7) is 23.1. The molecule has 0 spiro atoms. The summed E-state index contributed by atoms with van der Waals surface area (Å²) in [5.74, 6) is 4.50. The molecule has 6 unspecified atom stereocenters. The van der Waals surface area contributed by atoms with E-state index in [1.54, 1.807) is 0 Å². The summed E-state index contributed by atoms with van der Waals surface area (Å²) in [6, 6.07) is 0. The third kappa shape index (κ3) is 7.29. The van der Waals surface area contributed by atoms with E-state index in [1.165, 1.54) is 108 Å². The Kier molecular flexibility index (Phi) is 12.5. The van der Waals surface area contributed by atoms with Crippen LogP contribution in [0.25, 0.3) is 0 Å². The van der Waals surface area contributed by atoms with E-state index in [-0.39, 0.29) is 0 Å². The van der Waals surface area contributed by atoms with E-state index < -0.39 is 0 Å². The van der Waals surface area contributed by atoms with Gasteiger partial charge in [0.25, 0.3) is 0 Å². The predicted molar refractivity (Wildman–Crippen MR) is 153 cm³/mol. The van der Waals surface area contributed by atoms with Crippen LogP contribution in [0.5, 0.6) is 0 Å². The Balaban J connectivity index is 1.89. The molecule has 0 heterocycles. The second-order valence-corrected chi connectivity index (χ2v) is 13.2. The maximum Gasteiger partial charge on any atom is 0.0143 e. The van der Waals surface area contributed by atoms with Crippen molar-refractivity contribution in [2.45, 2.75) is 151 Å². The topological polar surface area (TPSA) is 12.0 Å². The molecule has 0 saturated heterocycles. The molecule has 34 heavy (non-hydrogen) atoms. The quantitative estimate of drug-likeness (QED) is 0.207. The lowest BCUT2D eigenvalue weighted by Crippen LogP contribution is -2.48. The highest BCUT2D eigenvalue weighted by Gasteiger charge is 2.56. The molecule has 1 heteroatoms. The molecule has 2 rings (SSSR count). The Morgan fingerprint density at radius 2 is 1.65 bits per heavy atom. The van der Waals surface area contributed by atoms with Crippen LogP contribution in [0.3, 0.4) is 0 Å². The molecule has 0 aromatic rings. The lowest BCUT2D eigenvalue weighted by molar-refractivity contribution is -0.0624. The minimum absolute atomic E-state index is 0.519. The van der Waals surface area contributed by atoms with Crippen molar-refractivity contribution in [1.82, 2.24) is 5.32 Å². The molecule has 0 bridgehead atoms. The largest absolute Gasteiger partial charge is 0.389 e. The van der Waals surface area contributed by atoms with Gasteiger partial charge in [-0.2, -0.15) is 0 Å². The lowest BCUT2D eigenvalue weighted by Gasteiger charge is -2.55. The summed E-state index contributed by atoms with van der Waals surface area (Å²) in [7, 11) is 0. The first-order valence-corrected chi connectivity index (χ1v) is 15.7. The molecule has 0 aromatic heterocycles. The van der Waals surface area contributed by atoms with Crippen molar-refractivity contribution in [1.29, 1.82) is 0 Å². The van der Waals surface area contributed by atoms with E-state index in [0.29, 0.717) is 10.8 Å². The fourth-order valence-electron chi connectivity index (χ4n) is 8.33. The average Bonchev–Trinajstić information content (AvgIpc) is 3.15. The molecule has 2 aliphatic carbocycles. The number of hydrogen-bond acceptors (Lipinski definition) is 1. The third-order valence-corrected chi connectivity index (χ3v) is 11.0. The Morgan fingerprint density at radius 1 is 0.971 bits per heavy atom. The van der Waals surface area contributed by atoms with Crippen molar-refractivity contribution in [3.63, 3.8) is 0 Å². The second kappa shape index (κ2) is 14.3. The summed E-state index contributed by atoms with van der Waals surface area (Å²) in [5.41, 5.74) is 2.39. The highest BCUT2D eigenvalue weighted by atomic mass is 14.9. The van der Waals surface area contributed by atoms with Crippen molar-refractivity contribution in [3.8, 4) is 0 Å². The zero-order valence-electron chi connectivity index (χ0n) is 24.6. The van der Waals surface area contributed by atoms with Crippen molar-refractivity contribution in [2.24, 2.45) is 40.4 Å². The number of unbranched alkanes of at least 4 members (excludes halogenated alkanes) is 6. The molecule has 1 N–H and O–H groups in total.